The van der Waals surface area contributed by atoms with Gasteiger partial charge in [-0.25, -0.2) is 0 Å². The number of aliphatic hydroxyl groups is 1. The van der Waals surface area contributed by atoms with Crippen LogP contribution < -0.4 is 4.74 Å². The van der Waals surface area contributed by atoms with Crippen LogP contribution in [0, 0.1) is 0 Å². The van der Waals surface area contributed by atoms with Crippen molar-refractivity contribution in [3.63, 3.8) is 0 Å². The third kappa shape index (κ3) is 4.79. The predicted octanol–water partition coefficient (Wildman–Crippen LogP) is 3.61. The molecule has 2 heterocycles. The fourth-order valence-electron chi connectivity index (χ4n) is 4.25. The average Bonchev–Trinajstić information content (AvgIpc) is 3.60. The van der Waals surface area contributed by atoms with E-state index in [4.69, 9.17) is 0 Å². The second kappa shape index (κ2) is 8.53. The Morgan fingerprint density at radius 2 is 1.60 bits per heavy atom. The summed E-state index contributed by atoms with van der Waals surface area (Å²) in [6.45, 7) is 0.689. The highest BCUT2D eigenvalue weighted by atomic mass is 19.4. The van der Waals surface area contributed by atoms with Crippen molar-refractivity contribution in [1.29, 1.82) is 0 Å². The number of carbonyl (C=O) groups excluding carboxylic acids is 2. The molecule has 0 radical (unpaired) electrons. The maximum absolute atomic E-state index is 13.2. The Labute approximate surface area is 198 Å². The van der Waals surface area contributed by atoms with Crippen LogP contribution in [0.4, 0.5) is 13.2 Å². The summed E-state index contributed by atoms with van der Waals surface area (Å²) in [7, 11) is 0. The van der Waals surface area contributed by atoms with E-state index in [2.05, 4.69) is 9.72 Å². The Morgan fingerprint density at radius 3 is 2.29 bits per heavy atom. The van der Waals surface area contributed by atoms with Crippen LogP contribution in [0.25, 0.3) is 22.0 Å². The highest BCUT2D eigenvalue weighted by Gasteiger charge is 2.50. The van der Waals surface area contributed by atoms with Gasteiger partial charge >= 0.3 is 6.36 Å². The Hall–Kier alpha value is -3.66. The molecule has 0 spiro atoms. The first kappa shape index (κ1) is 23.1. The molecule has 5 rings (SSSR count). The lowest BCUT2D eigenvalue weighted by Gasteiger charge is -2.36. The number of rotatable bonds is 4. The van der Waals surface area contributed by atoms with E-state index in [9.17, 15) is 27.9 Å². The highest BCUT2D eigenvalue weighted by molar-refractivity contribution is 5.98. The number of hydrogen-bond acceptors (Lipinski definition) is 5. The second-order valence-electron chi connectivity index (χ2n) is 8.79. The number of halogens is 3. The monoisotopic (exact) mass is 485 g/mol. The minimum absolute atomic E-state index is 0.144. The molecule has 1 aromatic heterocycles. The van der Waals surface area contributed by atoms with E-state index in [1.54, 1.807) is 36.5 Å². The SMILES string of the molecule is O=C(c1ccc(-c2ccc3ncccc3c2)cc1OC(F)(F)F)N1CCN(C(=O)C2(O)CC2)CC1. The first-order valence-corrected chi connectivity index (χ1v) is 11.2. The van der Waals surface area contributed by atoms with Crippen LogP contribution in [0.2, 0.25) is 0 Å². The van der Waals surface area contributed by atoms with Crippen molar-refractivity contribution >= 4 is 22.7 Å². The molecule has 1 aliphatic heterocycles. The zero-order chi connectivity index (χ0) is 24.8. The van der Waals surface area contributed by atoms with Gasteiger partial charge in [0, 0.05) is 37.8 Å². The van der Waals surface area contributed by atoms with Gasteiger partial charge in [-0.1, -0.05) is 18.2 Å². The maximum Gasteiger partial charge on any atom is 0.573 e. The van der Waals surface area contributed by atoms with Crippen molar-refractivity contribution in [1.82, 2.24) is 14.8 Å². The molecule has 2 aromatic carbocycles. The summed E-state index contributed by atoms with van der Waals surface area (Å²) in [5.41, 5.74) is 0.353. The van der Waals surface area contributed by atoms with Crippen LogP contribution >= 0.6 is 0 Å². The van der Waals surface area contributed by atoms with Gasteiger partial charge in [0.2, 0.25) is 0 Å². The van der Waals surface area contributed by atoms with Crippen LogP contribution in [0.15, 0.2) is 54.7 Å². The summed E-state index contributed by atoms with van der Waals surface area (Å²) in [6.07, 6.45) is -2.49. The van der Waals surface area contributed by atoms with Crippen LogP contribution in [0.1, 0.15) is 23.2 Å². The second-order valence-corrected chi connectivity index (χ2v) is 8.79. The van der Waals surface area contributed by atoms with Gasteiger partial charge in [0.25, 0.3) is 11.8 Å². The summed E-state index contributed by atoms with van der Waals surface area (Å²) in [6, 6.07) is 13.1. The molecule has 10 heteroatoms. The van der Waals surface area contributed by atoms with Gasteiger partial charge in [-0.2, -0.15) is 0 Å². The molecule has 182 valence electrons. The van der Waals surface area contributed by atoms with Crippen LogP contribution in [-0.2, 0) is 4.79 Å². The Bertz CT molecular complexity index is 1300. The molecule has 0 unspecified atom stereocenters. The van der Waals surface area contributed by atoms with E-state index in [0.717, 1.165) is 10.9 Å². The summed E-state index contributed by atoms with van der Waals surface area (Å²) >= 11 is 0. The number of carbonyl (C=O) groups is 2. The molecule has 1 saturated carbocycles. The number of hydrogen-bond donors (Lipinski definition) is 1. The number of amides is 2. The number of ether oxygens (including phenoxy) is 1. The molecule has 0 bridgehead atoms. The predicted molar refractivity (Wildman–Crippen MR) is 121 cm³/mol. The van der Waals surface area contributed by atoms with Crippen LogP contribution in [0.3, 0.4) is 0 Å². The van der Waals surface area contributed by atoms with Crippen molar-refractivity contribution < 1.29 is 32.6 Å². The fraction of sp³-hybridized carbons (Fsp3) is 0.320. The van der Waals surface area contributed by atoms with Gasteiger partial charge in [0.1, 0.15) is 11.4 Å². The molecular weight excluding hydrogens is 463 g/mol. The largest absolute Gasteiger partial charge is 0.573 e. The number of benzene rings is 2. The lowest BCUT2D eigenvalue weighted by Crippen LogP contribution is -2.53. The van der Waals surface area contributed by atoms with E-state index in [0.29, 0.717) is 24.0 Å². The summed E-state index contributed by atoms with van der Waals surface area (Å²) in [5.74, 6) is -1.56. The lowest BCUT2D eigenvalue weighted by atomic mass is 10.0. The molecule has 2 amide bonds. The molecule has 1 aliphatic carbocycles. The summed E-state index contributed by atoms with van der Waals surface area (Å²) in [5, 5.41) is 10.9. The molecule has 2 fully saturated rings. The number of nitrogens with zero attached hydrogens (tertiary/aromatic N) is 3. The summed E-state index contributed by atoms with van der Waals surface area (Å²) in [4.78, 5) is 32.6. The van der Waals surface area contributed by atoms with E-state index in [1.807, 2.05) is 6.07 Å². The summed E-state index contributed by atoms with van der Waals surface area (Å²) < 4.78 is 43.9. The van der Waals surface area contributed by atoms with Crippen molar-refractivity contribution in [3.05, 3.63) is 60.3 Å². The zero-order valence-corrected chi connectivity index (χ0v) is 18.6. The Kier molecular flexibility index (Phi) is 5.63. The molecule has 3 aromatic rings. The number of piperazine rings is 1. The van der Waals surface area contributed by atoms with Gasteiger partial charge < -0.3 is 19.6 Å². The number of fused-ring (bicyclic) bond motifs is 1. The fourth-order valence-corrected chi connectivity index (χ4v) is 4.25. The van der Waals surface area contributed by atoms with Crippen LogP contribution in [0.5, 0.6) is 5.75 Å². The minimum atomic E-state index is -4.98. The Morgan fingerprint density at radius 1 is 0.943 bits per heavy atom. The molecule has 35 heavy (non-hydrogen) atoms. The van der Waals surface area contributed by atoms with Gasteiger partial charge in [-0.3, -0.25) is 14.6 Å². The van der Waals surface area contributed by atoms with Crippen molar-refractivity contribution in [2.45, 2.75) is 24.8 Å². The van der Waals surface area contributed by atoms with E-state index in [-0.39, 0.29) is 37.6 Å². The zero-order valence-electron chi connectivity index (χ0n) is 18.6. The molecule has 1 N–H and O–H groups in total. The topological polar surface area (TPSA) is 83.0 Å². The van der Waals surface area contributed by atoms with Crippen LogP contribution in [-0.4, -0.2) is 69.8 Å². The van der Waals surface area contributed by atoms with Gasteiger partial charge in [-0.05, 0) is 54.3 Å². The molecular formula is C25H22F3N3O4. The van der Waals surface area contributed by atoms with Crippen molar-refractivity contribution in [3.8, 4) is 16.9 Å². The maximum atomic E-state index is 13.2. The van der Waals surface area contributed by atoms with E-state index < -0.39 is 23.6 Å². The van der Waals surface area contributed by atoms with Gasteiger partial charge in [0.05, 0.1) is 11.1 Å². The number of pyridine rings is 1. The first-order valence-electron chi connectivity index (χ1n) is 11.2. The van der Waals surface area contributed by atoms with Gasteiger partial charge in [-0.15, -0.1) is 13.2 Å². The lowest BCUT2D eigenvalue weighted by molar-refractivity contribution is -0.274. The average molecular weight is 485 g/mol. The smallest absolute Gasteiger partial charge is 0.405 e. The first-order chi connectivity index (χ1) is 16.6. The van der Waals surface area contributed by atoms with Crippen molar-refractivity contribution in [2.24, 2.45) is 0 Å². The van der Waals surface area contributed by atoms with Crippen molar-refractivity contribution in [2.75, 3.05) is 26.2 Å². The Balaban J connectivity index is 1.39. The molecule has 0 atom stereocenters. The minimum Gasteiger partial charge on any atom is -0.405 e. The molecule has 7 nitrogen and oxygen atoms in total. The molecule has 1 saturated heterocycles. The van der Waals surface area contributed by atoms with E-state index in [1.165, 1.54) is 21.9 Å². The third-order valence-corrected chi connectivity index (χ3v) is 6.35. The van der Waals surface area contributed by atoms with E-state index >= 15 is 0 Å². The quantitative estimate of drug-likeness (QED) is 0.611. The number of alkyl halides is 3. The standard InChI is InChI=1S/C25H22F3N3O4/c26-25(27,28)35-21-15-17(16-4-6-20-18(14-16)2-1-9-29-20)3-5-19(21)22(32)30-10-12-31(13-11-30)23(33)24(34)7-8-24/h1-6,9,14-15,34H,7-8,10-13H2. The normalized spacial score (nSPS) is 17.4. The van der Waals surface area contributed by atoms with Gasteiger partial charge in [0.15, 0.2) is 0 Å². The third-order valence-electron chi connectivity index (χ3n) is 6.35. The highest BCUT2D eigenvalue weighted by Crippen LogP contribution is 2.37. The molecule has 2 aliphatic rings. The number of aromatic nitrogens is 1.